The zero-order valence-corrected chi connectivity index (χ0v) is 19.6. The number of piperidine rings is 1. The summed E-state index contributed by atoms with van der Waals surface area (Å²) in [5, 5.41) is 3.25. The fourth-order valence-corrected chi connectivity index (χ4v) is 4.25. The van der Waals surface area contributed by atoms with Crippen LogP contribution in [0.2, 0.25) is 0 Å². The van der Waals surface area contributed by atoms with E-state index in [1.807, 2.05) is 6.92 Å². The summed E-state index contributed by atoms with van der Waals surface area (Å²) in [5.41, 5.74) is 6.83. The zero-order chi connectivity index (χ0) is 22.9. The van der Waals surface area contributed by atoms with Crippen LogP contribution in [0.5, 0.6) is 6.01 Å². The van der Waals surface area contributed by atoms with Crippen molar-refractivity contribution < 1.29 is 19.0 Å². The molecule has 2 aliphatic heterocycles. The Morgan fingerprint density at radius 2 is 2.00 bits per heavy atom. The first-order valence-electron chi connectivity index (χ1n) is 11.9. The van der Waals surface area contributed by atoms with Gasteiger partial charge in [0.2, 0.25) is 6.35 Å². The molecule has 3 rings (SSSR count). The first-order chi connectivity index (χ1) is 15.6. The third-order valence-corrected chi connectivity index (χ3v) is 5.94. The molecule has 1 aromatic rings. The number of aromatic nitrogens is 2. The molecule has 10 heteroatoms. The number of hydrogen-bond donors (Lipinski definition) is 2. The van der Waals surface area contributed by atoms with Crippen LogP contribution >= 0.6 is 0 Å². The van der Waals surface area contributed by atoms with Gasteiger partial charge in [0.15, 0.2) is 11.6 Å². The van der Waals surface area contributed by atoms with Gasteiger partial charge in [0.05, 0.1) is 13.2 Å². The van der Waals surface area contributed by atoms with E-state index in [0.29, 0.717) is 36.5 Å². The number of likely N-dealkylation sites (tertiary alicyclic amines) is 1. The second-order valence-electron chi connectivity index (χ2n) is 8.22. The van der Waals surface area contributed by atoms with E-state index in [0.717, 1.165) is 64.6 Å². The molecule has 1 aromatic heterocycles. The first kappa shape index (κ1) is 24.3. The van der Waals surface area contributed by atoms with Gasteiger partial charge < -0.3 is 30.2 Å². The van der Waals surface area contributed by atoms with Crippen molar-refractivity contribution >= 4 is 23.3 Å². The van der Waals surface area contributed by atoms with Gasteiger partial charge in [-0.25, -0.2) is 0 Å². The van der Waals surface area contributed by atoms with E-state index in [9.17, 15) is 4.79 Å². The summed E-state index contributed by atoms with van der Waals surface area (Å²) >= 11 is 0. The normalized spacial score (nSPS) is 20.7. The van der Waals surface area contributed by atoms with E-state index in [2.05, 4.69) is 32.0 Å². The summed E-state index contributed by atoms with van der Waals surface area (Å²) in [5.74, 6) is 0.974. The van der Waals surface area contributed by atoms with E-state index >= 15 is 0 Å². The Kier molecular flexibility index (Phi) is 9.16. The Hall–Kier alpha value is -2.33. The number of esters is 1. The van der Waals surface area contributed by atoms with Crippen LogP contribution in [-0.4, -0.2) is 73.2 Å². The molecule has 3 N–H and O–H groups in total. The van der Waals surface area contributed by atoms with E-state index in [1.165, 1.54) is 0 Å². The van der Waals surface area contributed by atoms with Crippen molar-refractivity contribution in [3.05, 3.63) is 0 Å². The first-order valence-corrected chi connectivity index (χ1v) is 11.9. The highest BCUT2D eigenvalue weighted by molar-refractivity contribution is 5.81. The average Bonchev–Trinajstić information content (AvgIpc) is 3.15. The van der Waals surface area contributed by atoms with Gasteiger partial charge in [-0.05, 0) is 52.1 Å². The van der Waals surface area contributed by atoms with Crippen molar-refractivity contribution in [2.45, 2.75) is 71.2 Å². The highest BCUT2D eigenvalue weighted by atomic mass is 16.5. The van der Waals surface area contributed by atoms with Gasteiger partial charge in [0.1, 0.15) is 11.7 Å². The molecule has 180 valence electrons. The summed E-state index contributed by atoms with van der Waals surface area (Å²) in [6, 6.07) is 0.184. The van der Waals surface area contributed by atoms with Gasteiger partial charge in [-0.3, -0.25) is 9.69 Å². The standard InChI is InChI=1S/C22H38N6O4/c1-4-6-15-32-21-25-18(23)17-19(26-21)28(22(24-17)30-3)14-10-9-13-27-12-8-7-11-16(27)20(29)31-5-2/h16,22,24H,4-15H2,1-3H3,(H2,23,25,26). The van der Waals surface area contributed by atoms with Gasteiger partial charge in [0, 0.05) is 13.7 Å². The lowest BCUT2D eigenvalue weighted by Gasteiger charge is -2.34. The maximum atomic E-state index is 12.3. The molecule has 0 aromatic carbocycles. The number of hydrogen-bond acceptors (Lipinski definition) is 10. The third-order valence-electron chi connectivity index (χ3n) is 5.94. The lowest BCUT2D eigenvalue weighted by Crippen LogP contribution is -2.46. The van der Waals surface area contributed by atoms with Crippen molar-refractivity contribution in [1.82, 2.24) is 14.9 Å². The van der Waals surface area contributed by atoms with Crippen LogP contribution in [-0.2, 0) is 14.3 Å². The number of ether oxygens (including phenoxy) is 3. The maximum Gasteiger partial charge on any atom is 0.323 e. The smallest absolute Gasteiger partial charge is 0.323 e. The molecule has 0 aliphatic carbocycles. The minimum atomic E-state index is -0.352. The van der Waals surface area contributed by atoms with Crippen LogP contribution in [0.25, 0.3) is 0 Å². The molecule has 0 bridgehead atoms. The molecule has 0 amide bonds. The molecule has 3 heterocycles. The summed E-state index contributed by atoms with van der Waals surface area (Å²) in [4.78, 5) is 25.5. The van der Waals surface area contributed by atoms with Crippen molar-refractivity contribution in [2.24, 2.45) is 0 Å². The monoisotopic (exact) mass is 450 g/mol. The lowest BCUT2D eigenvalue weighted by atomic mass is 10.0. The van der Waals surface area contributed by atoms with Crippen LogP contribution in [0.4, 0.5) is 17.3 Å². The number of carbonyl (C=O) groups excluding carboxylic acids is 1. The largest absolute Gasteiger partial charge is 0.465 e. The van der Waals surface area contributed by atoms with E-state index in [-0.39, 0.29) is 18.4 Å². The molecule has 2 unspecified atom stereocenters. The molecule has 0 saturated carbocycles. The van der Waals surface area contributed by atoms with Crippen LogP contribution < -0.4 is 20.7 Å². The second kappa shape index (κ2) is 12.1. The van der Waals surface area contributed by atoms with Crippen LogP contribution in [0.1, 0.15) is 58.8 Å². The molecule has 2 aliphatic rings. The Balaban J connectivity index is 1.58. The highest BCUT2D eigenvalue weighted by Crippen LogP contribution is 2.38. The van der Waals surface area contributed by atoms with Gasteiger partial charge in [-0.15, -0.1) is 0 Å². The average molecular weight is 451 g/mol. The number of anilines is 3. The number of nitrogen functional groups attached to an aromatic ring is 1. The second-order valence-corrected chi connectivity index (χ2v) is 8.22. The SMILES string of the molecule is CCCCOc1nc(N)c2c(n1)N(CCCCN1CCCCC1C(=O)OCC)C(OC)N2. The molecule has 2 atom stereocenters. The van der Waals surface area contributed by atoms with E-state index in [4.69, 9.17) is 19.9 Å². The van der Waals surface area contributed by atoms with Crippen molar-refractivity contribution in [3.63, 3.8) is 0 Å². The molecule has 0 spiro atoms. The van der Waals surface area contributed by atoms with Crippen molar-refractivity contribution in [1.29, 1.82) is 0 Å². The van der Waals surface area contributed by atoms with Gasteiger partial charge >= 0.3 is 12.0 Å². The Labute approximate surface area is 190 Å². The van der Waals surface area contributed by atoms with Crippen molar-refractivity contribution in [2.75, 3.05) is 55.9 Å². The number of nitrogens with two attached hydrogens (primary N) is 1. The zero-order valence-electron chi connectivity index (χ0n) is 19.6. The quantitative estimate of drug-likeness (QED) is 0.364. The number of nitrogens with one attached hydrogen (secondary N) is 1. The van der Waals surface area contributed by atoms with E-state index < -0.39 is 0 Å². The fraction of sp³-hybridized carbons (Fsp3) is 0.773. The number of carbonyl (C=O) groups is 1. The van der Waals surface area contributed by atoms with Gasteiger partial charge in [-0.2, -0.15) is 9.97 Å². The van der Waals surface area contributed by atoms with Crippen molar-refractivity contribution in [3.8, 4) is 6.01 Å². The number of fused-ring (bicyclic) bond motifs is 1. The Bertz CT molecular complexity index is 749. The van der Waals surface area contributed by atoms with E-state index in [1.54, 1.807) is 7.11 Å². The number of rotatable bonds is 12. The fourth-order valence-electron chi connectivity index (χ4n) is 4.25. The van der Waals surface area contributed by atoms with Crippen LogP contribution in [0.3, 0.4) is 0 Å². The molecule has 10 nitrogen and oxygen atoms in total. The minimum absolute atomic E-state index is 0.0907. The predicted octanol–water partition coefficient (Wildman–Crippen LogP) is 2.60. The molecule has 1 fully saturated rings. The predicted molar refractivity (Wildman–Crippen MR) is 124 cm³/mol. The molecule has 0 radical (unpaired) electrons. The van der Waals surface area contributed by atoms with Crippen LogP contribution in [0.15, 0.2) is 0 Å². The van der Waals surface area contributed by atoms with Gasteiger partial charge in [-0.1, -0.05) is 19.8 Å². The number of methoxy groups -OCH3 is 1. The molecule has 32 heavy (non-hydrogen) atoms. The van der Waals surface area contributed by atoms with Crippen LogP contribution in [0, 0.1) is 0 Å². The molecular weight excluding hydrogens is 412 g/mol. The summed E-state index contributed by atoms with van der Waals surface area (Å²) < 4.78 is 16.6. The Morgan fingerprint density at radius 1 is 1.19 bits per heavy atom. The third kappa shape index (κ3) is 5.92. The lowest BCUT2D eigenvalue weighted by molar-refractivity contribution is -0.150. The topological polar surface area (TPSA) is 115 Å². The molecular formula is C22H38N6O4. The summed E-state index contributed by atoms with van der Waals surface area (Å²) in [7, 11) is 1.65. The summed E-state index contributed by atoms with van der Waals surface area (Å²) in [6.45, 7) is 7.50. The highest BCUT2D eigenvalue weighted by Gasteiger charge is 2.33. The number of nitrogens with zero attached hydrogens (tertiary/aromatic N) is 4. The maximum absolute atomic E-state index is 12.3. The Morgan fingerprint density at radius 3 is 2.75 bits per heavy atom. The minimum Gasteiger partial charge on any atom is -0.465 e. The summed E-state index contributed by atoms with van der Waals surface area (Å²) in [6.07, 6.45) is 6.58. The number of unbranched alkanes of at least 4 members (excludes halogenated alkanes) is 2. The molecule has 1 saturated heterocycles. The van der Waals surface area contributed by atoms with Gasteiger partial charge in [0.25, 0.3) is 0 Å².